The second-order valence-corrected chi connectivity index (χ2v) is 4.21. The van der Waals surface area contributed by atoms with Crippen LogP contribution in [0.15, 0.2) is 48.5 Å². The molecular formula is C16H16N2O2. The molecule has 1 N–H and O–H groups in total. The maximum absolute atomic E-state index is 9.33. The molecule has 20 heavy (non-hydrogen) atoms. The summed E-state index contributed by atoms with van der Waals surface area (Å²) in [6, 6.07) is 16.7. The summed E-state index contributed by atoms with van der Waals surface area (Å²) in [5, 5.41) is 12.5. The van der Waals surface area contributed by atoms with Crippen molar-refractivity contribution in [1.82, 2.24) is 0 Å². The van der Waals surface area contributed by atoms with Crippen LogP contribution < -0.4 is 14.8 Å². The fraction of sp³-hybridized carbons (Fsp3) is 0.188. The maximum atomic E-state index is 9.33. The van der Waals surface area contributed by atoms with Gasteiger partial charge in [0.2, 0.25) is 0 Å². The molecule has 102 valence electrons. The van der Waals surface area contributed by atoms with Crippen LogP contribution in [0.4, 0.5) is 5.69 Å². The van der Waals surface area contributed by atoms with Crippen LogP contribution in [-0.4, -0.2) is 14.2 Å². The largest absolute Gasteiger partial charge is 0.497 e. The van der Waals surface area contributed by atoms with E-state index in [0.717, 1.165) is 22.7 Å². The molecule has 2 rings (SSSR count). The summed E-state index contributed by atoms with van der Waals surface area (Å²) < 4.78 is 10.3. The van der Waals surface area contributed by atoms with Gasteiger partial charge in [0.25, 0.3) is 0 Å². The number of hydrogen-bond donors (Lipinski definition) is 1. The maximum Gasteiger partial charge on any atom is 0.140 e. The molecule has 0 amide bonds. The van der Waals surface area contributed by atoms with Crippen molar-refractivity contribution in [3.05, 3.63) is 54.1 Å². The Morgan fingerprint density at radius 1 is 1.00 bits per heavy atom. The van der Waals surface area contributed by atoms with Crippen LogP contribution in [0.25, 0.3) is 0 Å². The summed E-state index contributed by atoms with van der Waals surface area (Å²) in [6.07, 6.45) is 0. The first kappa shape index (κ1) is 13.8. The van der Waals surface area contributed by atoms with Crippen LogP contribution >= 0.6 is 0 Å². The average Bonchev–Trinajstić information content (AvgIpc) is 2.53. The van der Waals surface area contributed by atoms with Gasteiger partial charge >= 0.3 is 0 Å². The van der Waals surface area contributed by atoms with Crippen molar-refractivity contribution in [2.45, 2.75) is 6.04 Å². The van der Waals surface area contributed by atoms with Gasteiger partial charge in [-0.05, 0) is 42.0 Å². The third-order valence-electron chi connectivity index (χ3n) is 2.96. The number of nitrogens with one attached hydrogen (secondary N) is 1. The number of benzene rings is 2. The molecule has 1 atom stereocenters. The Hall–Kier alpha value is -2.67. The van der Waals surface area contributed by atoms with Gasteiger partial charge in [-0.2, -0.15) is 5.26 Å². The van der Waals surface area contributed by atoms with Crippen molar-refractivity contribution in [3.63, 3.8) is 0 Å². The molecule has 4 heteroatoms. The second-order valence-electron chi connectivity index (χ2n) is 4.21. The molecule has 2 aromatic rings. The molecule has 0 radical (unpaired) electrons. The molecule has 0 aliphatic carbocycles. The molecule has 0 heterocycles. The van der Waals surface area contributed by atoms with Gasteiger partial charge in [0.15, 0.2) is 0 Å². The summed E-state index contributed by atoms with van der Waals surface area (Å²) in [4.78, 5) is 0. The van der Waals surface area contributed by atoms with E-state index >= 15 is 0 Å². The van der Waals surface area contributed by atoms with Crippen molar-refractivity contribution in [3.8, 4) is 17.6 Å². The van der Waals surface area contributed by atoms with E-state index in [4.69, 9.17) is 9.47 Å². The molecule has 0 aromatic heterocycles. The third-order valence-corrected chi connectivity index (χ3v) is 2.96. The summed E-state index contributed by atoms with van der Waals surface area (Å²) in [6.45, 7) is 0. The number of rotatable bonds is 5. The Balaban J connectivity index is 2.17. The minimum absolute atomic E-state index is 0.432. The van der Waals surface area contributed by atoms with Gasteiger partial charge in [-0.3, -0.25) is 0 Å². The smallest absolute Gasteiger partial charge is 0.140 e. The molecule has 0 aliphatic heterocycles. The molecular weight excluding hydrogens is 252 g/mol. The number of methoxy groups -OCH3 is 2. The summed E-state index contributed by atoms with van der Waals surface area (Å²) in [7, 11) is 3.23. The van der Waals surface area contributed by atoms with Crippen molar-refractivity contribution < 1.29 is 9.47 Å². The van der Waals surface area contributed by atoms with E-state index in [1.807, 2.05) is 48.5 Å². The lowest BCUT2D eigenvalue weighted by Crippen LogP contribution is -2.08. The number of ether oxygens (including phenoxy) is 2. The van der Waals surface area contributed by atoms with Crippen LogP contribution in [0, 0.1) is 11.3 Å². The first-order valence-electron chi connectivity index (χ1n) is 6.21. The minimum Gasteiger partial charge on any atom is -0.497 e. The lowest BCUT2D eigenvalue weighted by Gasteiger charge is -2.14. The normalized spacial score (nSPS) is 11.2. The highest BCUT2D eigenvalue weighted by molar-refractivity contribution is 5.50. The van der Waals surface area contributed by atoms with Crippen LogP contribution in [0.2, 0.25) is 0 Å². The molecule has 4 nitrogen and oxygen atoms in total. The lowest BCUT2D eigenvalue weighted by molar-refractivity contribution is 0.414. The first-order chi connectivity index (χ1) is 9.76. The molecule has 0 aliphatic rings. The van der Waals surface area contributed by atoms with Gasteiger partial charge in [-0.15, -0.1) is 0 Å². The van der Waals surface area contributed by atoms with Crippen molar-refractivity contribution >= 4 is 5.69 Å². The average molecular weight is 268 g/mol. The topological polar surface area (TPSA) is 54.3 Å². The van der Waals surface area contributed by atoms with Gasteiger partial charge < -0.3 is 14.8 Å². The second kappa shape index (κ2) is 6.48. The molecule has 2 aromatic carbocycles. The molecule has 0 saturated carbocycles. The van der Waals surface area contributed by atoms with Crippen LogP contribution in [0.1, 0.15) is 11.6 Å². The summed E-state index contributed by atoms with van der Waals surface area (Å²) in [5.74, 6) is 1.52. The molecule has 1 unspecified atom stereocenters. The van der Waals surface area contributed by atoms with Crippen LogP contribution in [0.5, 0.6) is 11.5 Å². The molecule has 0 fully saturated rings. The third kappa shape index (κ3) is 3.21. The highest BCUT2D eigenvalue weighted by Crippen LogP contribution is 2.23. The number of hydrogen-bond acceptors (Lipinski definition) is 4. The SMILES string of the molecule is COc1ccc(NC(C#N)c2cccc(OC)c2)cc1. The van der Waals surface area contributed by atoms with Crippen molar-refractivity contribution in [2.75, 3.05) is 19.5 Å². The summed E-state index contributed by atoms with van der Waals surface area (Å²) in [5.41, 5.74) is 1.72. The standard InChI is InChI=1S/C16H16N2O2/c1-19-14-8-6-13(7-9-14)18-16(11-17)12-4-3-5-15(10-12)20-2/h3-10,16,18H,1-2H3. The van der Waals surface area contributed by atoms with Crippen LogP contribution in [-0.2, 0) is 0 Å². The van der Waals surface area contributed by atoms with E-state index in [1.165, 1.54) is 0 Å². The Labute approximate surface area is 118 Å². The van der Waals surface area contributed by atoms with E-state index < -0.39 is 6.04 Å². The summed E-state index contributed by atoms with van der Waals surface area (Å²) >= 11 is 0. The van der Waals surface area contributed by atoms with E-state index in [0.29, 0.717) is 0 Å². The van der Waals surface area contributed by atoms with E-state index in [9.17, 15) is 5.26 Å². The highest BCUT2D eigenvalue weighted by atomic mass is 16.5. The lowest BCUT2D eigenvalue weighted by atomic mass is 10.1. The van der Waals surface area contributed by atoms with Crippen molar-refractivity contribution in [2.24, 2.45) is 0 Å². The molecule has 0 bridgehead atoms. The minimum atomic E-state index is -0.432. The van der Waals surface area contributed by atoms with Crippen LogP contribution in [0.3, 0.4) is 0 Å². The van der Waals surface area contributed by atoms with Crippen molar-refractivity contribution in [1.29, 1.82) is 5.26 Å². The number of anilines is 1. The van der Waals surface area contributed by atoms with Gasteiger partial charge in [-0.1, -0.05) is 12.1 Å². The molecule has 0 spiro atoms. The number of nitrogens with zero attached hydrogens (tertiary/aromatic N) is 1. The predicted molar refractivity (Wildman–Crippen MR) is 78.0 cm³/mol. The van der Waals surface area contributed by atoms with Gasteiger partial charge in [0, 0.05) is 5.69 Å². The fourth-order valence-electron chi connectivity index (χ4n) is 1.87. The first-order valence-corrected chi connectivity index (χ1v) is 6.21. The van der Waals surface area contributed by atoms with E-state index in [2.05, 4.69) is 11.4 Å². The zero-order valence-electron chi connectivity index (χ0n) is 11.5. The quantitative estimate of drug-likeness (QED) is 0.903. The highest BCUT2D eigenvalue weighted by Gasteiger charge is 2.11. The van der Waals surface area contributed by atoms with Gasteiger partial charge in [0.05, 0.1) is 20.3 Å². The number of nitriles is 1. The fourth-order valence-corrected chi connectivity index (χ4v) is 1.87. The Morgan fingerprint density at radius 2 is 1.70 bits per heavy atom. The zero-order chi connectivity index (χ0) is 14.4. The zero-order valence-corrected chi connectivity index (χ0v) is 11.5. The molecule has 0 saturated heterocycles. The van der Waals surface area contributed by atoms with E-state index in [1.54, 1.807) is 14.2 Å². The Kier molecular flexibility index (Phi) is 4.46. The predicted octanol–water partition coefficient (Wildman–Crippen LogP) is 3.38. The van der Waals surface area contributed by atoms with Gasteiger partial charge in [-0.25, -0.2) is 0 Å². The van der Waals surface area contributed by atoms with Gasteiger partial charge in [0.1, 0.15) is 17.5 Å². The monoisotopic (exact) mass is 268 g/mol. The Morgan fingerprint density at radius 3 is 2.30 bits per heavy atom. The van der Waals surface area contributed by atoms with E-state index in [-0.39, 0.29) is 0 Å². The Bertz CT molecular complexity index is 603.